The van der Waals surface area contributed by atoms with Gasteiger partial charge >= 0.3 is 6.18 Å². The van der Waals surface area contributed by atoms with E-state index in [1.165, 1.54) is 4.90 Å². The molecule has 2 N–H and O–H groups in total. The first-order valence-electron chi connectivity index (χ1n) is 8.04. The van der Waals surface area contributed by atoms with Gasteiger partial charge in [-0.2, -0.15) is 18.3 Å². The van der Waals surface area contributed by atoms with Gasteiger partial charge in [-0.05, 0) is 31.9 Å². The SMILES string of the molecule is Cc1ccc(-n2ncc(C(=O)N3CCCC(N)C3)c2C(F)(F)F)cc1.Cl. The maximum Gasteiger partial charge on any atom is 0.434 e. The zero-order valence-corrected chi connectivity index (χ0v) is 15.0. The molecule has 0 saturated carbocycles. The van der Waals surface area contributed by atoms with Gasteiger partial charge in [0, 0.05) is 19.1 Å². The highest BCUT2D eigenvalue weighted by Gasteiger charge is 2.41. The number of rotatable bonds is 2. The molecule has 1 atom stereocenters. The third kappa shape index (κ3) is 4.02. The van der Waals surface area contributed by atoms with Gasteiger partial charge in [0.15, 0.2) is 5.69 Å². The van der Waals surface area contributed by atoms with E-state index < -0.39 is 23.3 Å². The fourth-order valence-corrected chi connectivity index (χ4v) is 3.02. The first kappa shape index (κ1) is 20.3. The lowest BCUT2D eigenvalue weighted by Crippen LogP contribution is -2.46. The monoisotopic (exact) mass is 388 g/mol. The summed E-state index contributed by atoms with van der Waals surface area (Å²) in [5.41, 5.74) is 5.52. The largest absolute Gasteiger partial charge is 0.434 e. The van der Waals surface area contributed by atoms with Crippen LogP contribution in [0, 0.1) is 6.92 Å². The molecule has 0 spiro atoms. The standard InChI is InChI=1S/C17H19F3N4O.ClH/c1-11-4-6-13(7-5-11)24-15(17(18,19)20)14(9-22-24)16(25)23-8-2-3-12(21)10-23;/h4-7,9,12H,2-3,8,10,21H2,1H3;1H. The first-order valence-corrected chi connectivity index (χ1v) is 8.04. The zero-order chi connectivity index (χ0) is 18.2. The van der Waals surface area contributed by atoms with E-state index in [4.69, 9.17) is 5.73 Å². The third-order valence-corrected chi connectivity index (χ3v) is 4.29. The number of amides is 1. The van der Waals surface area contributed by atoms with Crippen molar-refractivity contribution in [1.82, 2.24) is 14.7 Å². The molecule has 1 aliphatic rings. The summed E-state index contributed by atoms with van der Waals surface area (Å²) in [6, 6.07) is 6.27. The number of halogens is 4. The van der Waals surface area contributed by atoms with Crippen molar-refractivity contribution in [2.75, 3.05) is 13.1 Å². The van der Waals surface area contributed by atoms with Crippen LogP contribution in [0.2, 0.25) is 0 Å². The third-order valence-electron chi connectivity index (χ3n) is 4.29. The van der Waals surface area contributed by atoms with E-state index in [9.17, 15) is 18.0 Å². The summed E-state index contributed by atoms with van der Waals surface area (Å²) in [4.78, 5) is 14.0. The number of likely N-dealkylation sites (tertiary alicyclic amines) is 1. The average Bonchev–Trinajstić information content (AvgIpc) is 3.00. The van der Waals surface area contributed by atoms with E-state index in [0.29, 0.717) is 13.0 Å². The Kier molecular flexibility index (Phi) is 5.98. The number of carbonyl (C=O) groups excluding carboxylic acids is 1. The predicted molar refractivity (Wildman–Crippen MR) is 93.7 cm³/mol. The summed E-state index contributed by atoms with van der Waals surface area (Å²) < 4.78 is 41.7. The van der Waals surface area contributed by atoms with E-state index in [2.05, 4.69) is 5.10 Å². The maximum absolute atomic E-state index is 13.7. The quantitative estimate of drug-likeness (QED) is 0.859. The molecule has 2 aromatic rings. The number of alkyl halides is 3. The molecule has 1 aromatic heterocycles. The fourth-order valence-electron chi connectivity index (χ4n) is 3.02. The minimum atomic E-state index is -4.70. The predicted octanol–water partition coefficient (Wildman–Crippen LogP) is 3.18. The number of aromatic nitrogens is 2. The first-order chi connectivity index (χ1) is 11.8. The molecule has 0 aliphatic carbocycles. The van der Waals surface area contributed by atoms with Crippen LogP contribution in [0.15, 0.2) is 30.5 Å². The van der Waals surface area contributed by atoms with Crippen molar-refractivity contribution in [3.63, 3.8) is 0 Å². The van der Waals surface area contributed by atoms with Crippen LogP contribution in [0.25, 0.3) is 5.69 Å². The van der Waals surface area contributed by atoms with Gasteiger partial charge in [-0.3, -0.25) is 4.79 Å². The number of hydrogen-bond acceptors (Lipinski definition) is 3. The highest BCUT2D eigenvalue weighted by atomic mass is 35.5. The molecule has 26 heavy (non-hydrogen) atoms. The van der Waals surface area contributed by atoms with Gasteiger partial charge in [0.05, 0.1) is 17.4 Å². The molecular formula is C17H20ClF3N4O. The van der Waals surface area contributed by atoms with Crippen LogP contribution in [0.5, 0.6) is 0 Å². The molecule has 1 fully saturated rings. The van der Waals surface area contributed by atoms with Gasteiger partial charge < -0.3 is 10.6 Å². The van der Waals surface area contributed by atoms with Gasteiger partial charge in [-0.25, -0.2) is 4.68 Å². The number of carbonyl (C=O) groups is 1. The minimum absolute atomic E-state index is 0. The van der Waals surface area contributed by atoms with Crippen molar-refractivity contribution in [2.24, 2.45) is 5.73 Å². The Morgan fingerprint density at radius 2 is 1.92 bits per heavy atom. The minimum Gasteiger partial charge on any atom is -0.337 e. The van der Waals surface area contributed by atoms with Crippen molar-refractivity contribution in [3.05, 3.63) is 47.3 Å². The van der Waals surface area contributed by atoms with Crippen molar-refractivity contribution < 1.29 is 18.0 Å². The summed E-state index contributed by atoms with van der Waals surface area (Å²) in [6.45, 7) is 2.50. The topological polar surface area (TPSA) is 64.2 Å². The normalized spacial score (nSPS) is 17.7. The van der Waals surface area contributed by atoms with Crippen LogP contribution in [-0.2, 0) is 6.18 Å². The van der Waals surface area contributed by atoms with E-state index in [-0.39, 0.29) is 30.7 Å². The molecule has 1 amide bonds. The Morgan fingerprint density at radius 1 is 1.27 bits per heavy atom. The summed E-state index contributed by atoms with van der Waals surface area (Å²) in [5.74, 6) is -0.680. The number of aryl methyl sites for hydroxylation is 1. The average molecular weight is 389 g/mol. The van der Waals surface area contributed by atoms with Gasteiger partial charge in [-0.15, -0.1) is 12.4 Å². The zero-order valence-electron chi connectivity index (χ0n) is 14.2. The second-order valence-corrected chi connectivity index (χ2v) is 6.31. The Balaban J connectivity index is 0.00000243. The second kappa shape index (κ2) is 7.67. The molecule has 5 nitrogen and oxygen atoms in total. The highest BCUT2D eigenvalue weighted by molar-refractivity contribution is 5.95. The molecular weight excluding hydrogens is 369 g/mol. The van der Waals surface area contributed by atoms with Crippen molar-refractivity contribution in [3.8, 4) is 5.69 Å². The van der Waals surface area contributed by atoms with Crippen LogP contribution in [0.1, 0.15) is 34.5 Å². The smallest absolute Gasteiger partial charge is 0.337 e. The molecule has 1 saturated heterocycles. The molecule has 3 rings (SSSR count). The molecule has 1 unspecified atom stereocenters. The number of hydrogen-bond donors (Lipinski definition) is 1. The molecule has 1 aliphatic heterocycles. The maximum atomic E-state index is 13.7. The van der Waals surface area contributed by atoms with Crippen LogP contribution < -0.4 is 5.73 Å². The van der Waals surface area contributed by atoms with Crippen molar-refractivity contribution in [1.29, 1.82) is 0 Å². The van der Waals surface area contributed by atoms with Crippen LogP contribution in [-0.4, -0.2) is 39.7 Å². The second-order valence-electron chi connectivity index (χ2n) is 6.31. The van der Waals surface area contributed by atoms with E-state index >= 15 is 0 Å². The van der Waals surface area contributed by atoms with E-state index in [1.54, 1.807) is 24.3 Å². The fraction of sp³-hybridized carbons (Fsp3) is 0.412. The number of nitrogens with zero attached hydrogens (tertiary/aromatic N) is 3. The molecule has 1 aromatic carbocycles. The number of benzene rings is 1. The van der Waals surface area contributed by atoms with Gasteiger partial charge in [0.25, 0.3) is 5.91 Å². The Labute approximate surface area is 155 Å². The molecule has 0 radical (unpaired) electrons. The lowest BCUT2D eigenvalue weighted by molar-refractivity contribution is -0.143. The van der Waals surface area contributed by atoms with Gasteiger partial charge in [0.1, 0.15) is 0 Å². The lowest BCUT2D eigenvalue weighted by Gasteiger charge is -2.30. The van der Waals surface area contributed by atoms with Crippen molar-refractivity contribution in [2.45, 2.75) is 32.0 Å². The molecule has 142 valence electrons. The number of piperidine rings is 1. The molecule has 0 bridgehead atoms. The molecule has 2 heterocycles. The van der Waals surface area contributed by atoms with E-state index in [0.717, 1.165) is 22.9 Å². The summed E-state index contributed by atoms with van der Waals surface area (Å²) >= 11 is 0. The Morgan fingerprint density at radius 3 is 2.50 bits per heavy atom. The van der Waals surface area contributed by atoms with Gasteiger partial charge in [0.2, 0.25) is 0 Å². The van der Waals surface area contributed by atoms with Crippen LogP contribution in [0.4, 0.5) is 13.2 Å². The Bertz CT molecular complexity index is 773. The van der Waals surface area contributed by atoms with Crippen molar-refractivity contribution >= 4 is 18.3 Å². The summed E-state index contributed by atoms with van der Waals surface area (Å²) in [5, 5.41) is 3.84. The Hall–Kier alpha value is -2.06. The van der Waals surface area contributed by atoms with Gasteiger partial charge in [-0.1, -0.05) is 17.7 Å². The highest BCUT2D eigenvalue weighted by Crippen LogP contribution is 2.34. The molecule has 9 heteroatoms. The summed E-state index contributed by atoms with van der Waals surface area (Å²) in [7, 11) is 0. The van der Waals surface area contributed by atoms with Crippen LogP contribution in [0.3, 0.4) is 0 Å². The number of nitrogens with two attached hydrogens (primary N) is 1. The van der Waals surface area contributed by atoms with E-state index in [1.807, 2.05) is 6.92 Å². The van der Waals surface area contributed by atoms with Crippen LogP contribution >= 0.6 is 12.4 Å². The summed E-state index contributed by atoms with van der Waals surface area (Å²) in [6.07, 6.45) is -2.27. The lowest BCUT2D eigenvalue weighted by atomic mass is 10.1.